The number of rotatable bonds is 6. The Balaban J connectivity index is 1.76. The quantitative estimate of drug-likeness (QED) is 0.446. The topological polar surface area (TPSA) is 30.0 Å². The van der Waals surface area contributed by atoms with E-state index in [-0.39, 0.29) is 5.78 Å². The Hall–Kier alpha value is -1.32. The Morgan fingerprint density at radius 2 is 1.95 bits per heavy atom. The normalized spacial score (nSPS) is 10.4. The highest BCUT2D eigenvalue weighted by atomic mass is 35.5. The highest BCUT2D eigenvalue weighted by Crippen LogP contribution is 2.24. The summed E-state index contributed by atoms with van der Waals surface area (Å²) in [5.41, 5.74) is 0.781. The van der Waals surface area contributed by atoms with E-state index in [4.69, 9.17) is 11.6 Å². The van der Waals surface area contributed by atoms with Crippen molar-refractivity contribution in [1.29, 1.82) is 0 Å². The van der Waals surface area contributed by atoms with Crippen LogP contribution in [0.5, 0.6) is 0 Å². The number of pyridine rings is 1. The zero-order chi connectivity index (χ0) is 13.5. The number of benzene rings is 1. The van der Waals surface area contributed by atoms with Gasteiger partial charge in [0.15, 0.2) is 5.78 Å². The third-order valence-corrected chi connectivity index (χ3v) is 4.12. The Morgan fingerprint density at radius 1 is 1.16 bits per heavy atom. The van der Waals surface area contributed by atoms with Crippen molar-refractivity contribution in [3.8, 4) is 0 Å². The molecule has 0 saturated carbocycles. The van der Waals surface area contributed by atoms with Gasteiger partial charge >= 0.3 is 0 Å². The van der Waals surface area contributed by atoms with Gasteiger partial charge in [0.05, 0.1) is 5.02 Å². The van der Waals surface area contributed by atoms with Crippen LogP contribution in [0.2, 0.25) is 5.02 Å². The molecule has 0 amide bonds. The first-order valence-electron chi connectivity index (χ1n) is 6.09. The predicted molar refractivity (Wildman–Crippen MR) is 80.0 cm³/mol. The zero-order valence-corrected chi connectivity index (χ0v) is 12.0. The summed E-state index contributed by atoms with van der Waals surface area (Å²) in [6.45, 7) is 0. The molecule has 0 bridgehead atoms. The van der Waals surface area contributed by atoms with Crippen molar-refractivity contribution in [3.63, 3.8) is 0 Å². The Morgan fingerprint density at radius 3 is 2.68 bits per heavy atom. The molecule has 0 spiro atoms. The lowest BCUT2D eigenvalue weighted by molar-refractivity contribution is 0.0982. The summed E-state index contributed by atoms with van der Waals surface area (Å²) in [6.07, 6.45) is 3.11. The molecular formula is C15H14ClNOS. The van der Waals surface area contributed by atoms with Crippen LogP contribution < -0.4 is 0 Å². The van der Waals surface area contributed by atoms with Crippen LogP contribution in [0.3, 0.4) is 0 Å². The summed E-state index contributed by atoms with van der Waals surface area (Å²) >= 11 is 7.60. The lowest BCUT2D eigenvalue weighted by Crippen LogP contribution is -1.99. The van der Waals surface area contributed by atoms with Gasteiger partial charge in [0.25, 0.3) is 0 Å². The highest BCUT2D eigenvalue weighted by Gasteiger charge is 2.06. The van der Waals surface area contributed by atoms with E-state index >= 15 is 0 Å². The fourth-order valence-corrected chi connectivity index (χ4v) is 2.76. The first-order chi connectivity index (χ1) is 9.27. The van der Waals surface area contributed by atoms with Crippen molar-refractivity contribution in [3.05, 3.63) is 59.2 Å². The second kappa shape index (κ2) is 7.31. The van der Waals surface area contributed by atoms with Gasteiger partial charge in [-0.05, 0) is 24.3 Å². The lowest BCUT2D eigenvalue weighted by atomic mass is 10.1. The van der Waals surface area contributed by atoms with Crippen LogP contribution in [0.25, 0.3) is 0 Å². The molecule has 1 aromatic carbocycles. The molecule has 0 aliphatic rings. The summed E-state index contributed by atoms with van der Waals surface area (Å²) in [4.78, 5) is 16.1. The van der Waals surface area contributed by atoms with E-state index in [0.29, 0.717) is 11.4 Å². The van der Waals surface area contributed by atoms with E-state index in [2.05, 4.69) is 4.98 Å². The van der Waals surface area contributed by atoms with Gasteiger partial charge in [-0.15, -0.1) is 11.8 Å². The minimum Gasteiger partial charge on any atom is -0.294 e. The Labute approximate surface area is 122 Å². The van der Waals surface area contributed by atoms with E-state index in [0.717, 1.165) is 22.8 Å². The maximum absolute atomic E-state index is 11.9. The number of Topliss-reactive ketones (excluding diaryl/α,β-unsaturated/α-hetero) is 1. The van der Waals surface area contributed by atoms with Crippen LogP contribution in [0, 0.1) is 0 Å². The number of thioether (sulfide) groups is 1. The molecule has 0 radical (unpaired) electrons. The largest absolute Gasteiger partial charge is 0.294 e. The molecule has 0 unspecified atom stereocenters. The third kappa shape index (κ3) is 4.37. The van der Waals surface area contributed by atoms with Crippen molar-refractivity contribution in [2.24, 2.45) is 0 Å². The molecule has 0 aliphatic carbocycles. The number of hydrogen-bond acceptors (Lipinski definition) is 3. The molecule has 0 aliphatic heterocycles. The first kappa shape index (κ1) is 14.1. The van der Waals surface area contributed by atoms with Gasteiger partial charge in [-0.2, -0.15) is 0 Å². The van der Waals surface area contributed by atoms with Crippen LogP contribution in [-0.2, 0) is 0 Å². The van der Waals surface area contributed by atoms with Crippen LogP contribution in [0.15, 0.2) is 53.7 Å². The monoisotopic (exact) mass is 291 g/mol. The van der Waals surface area contributed by atoms with Gasteiger partial charge < -0.3 is 0 Å². The zero-order valence-electron chi connectivity index (χ0n) is 10.4. The van der Waals surface area contributed by atoms with Crippen LogP contribution in [0.1, 0.15) is 23.2 Å². The molecule has 2 rings (SSSR count). The summed E-state index contributed by atoms with van der Waals surface area (Å²) in [7, 11) is 0. The fraction of sp³-hybridized carbons (Fsp3) is 0.200. The van der Waals surface area contributed by atoms with Gasteiger partial charge in [0, 0.05) is 18.2 Å². The summed E-state index contributed by atoms with van der Waals surface area (Å²) in [6, 6.07) is 13.0. The van der Waals surface area contributed by atoms with Crippen LogP contribution in [0.4, 0.5) is 0 Å². The Kier molecular flexibility index (Phi) is 5.43. The van der Waals surface area contributed by atoms with E-state index in [9.17, 15) is 4.79 Å². The second-order valence-corrected chi connectivity index (χ2v) is 5.52. The van der Waals surface area contributed by atoms with Gasteiger partial charge in [-0.25, -0.2) is 4.98 Å². The van der Waals surface area contributed by atoms with E-state index in [1.807, 2.05) is 42.5 Å². The number of hydrogen-bond donors (Lipinski definition) is 0. The molecule has 2 aromatic rings. The van der Waals surface area contributed by atoms with Crippen LogP contribution >= 0.6 is 23.4 Å². The number of nitrogens with zero attached hydrogens (tertiary/aromatic N) is 1. The molecule has 0 fully saturated rings. The average molecular weight is 292 g/mol. The lowest BCUT2D eigenvalue weighted by Gasteiger charge is -2.03. The van der Waals surface area contributed by atoms with Gasteiger partial charge in [-0.1, -0.05) is 41.9 Å². The molecule has 0 saturated heterocycles. The number of aromatic nitrogens is 1. The number of ketones is 1. The first-order valence-corrected chi connectivity index (χ1v) is 7.45. The van der Waals surface area contributed by atoms with Crippen molar-refractivity contribution in [1.82, 2.24) is 4.98 Å². The minimum absolute atomic E-state index is 0.188. The molecule has 2 nitrogen and oxygen atoms in total. The average Bonchev–Trinajstić information content (AvgIpc) is 2.46. The van der Waals surface area contributed by atoms with Crippen molar-refractivity contribution in [2.75, 3.05) is 5.75 Å². The molecule has 4 heteroatoms. The van der Waals surface area contributed by atoms with E-state index in [1.165, 1.54) is 0 Å². The van der Waals surface area contributed by atoms with Crippen molar-refractivity contribution >= 4 is 29.1 Å². The molecule has 1 aromatic heterocycles. The molecule has 0 N–H and O–H groups in total. The highest BCUT2D eigenvalue weighted by molar-refractivity contribution is 7.99. The maximum atomic E-state index is 11.9. The molecular weight excluding hydrogens is 278 g/mol. The van der Waals surface area contributed by atoms with Crippen LogP contribution in [-0.4, -0.2) is 16.5 Å². The molecule has 98 valence electrons. The fourth-order valence-electron chi connectivity index (χ4n) is 1.65. The SMILES string of the molecule is O=C(CCCSc1ncccc1Cl)c1ccccc1. The second-order valence-electron chi connectivity index (χ2n) is 4.03. The van der Waals surface area contributed by atoms with Gasteiger partial charge in [0.2, 0.25) is 0 Å². The molecule has 19 heavy (non-hydrogen) atoms. The summed E-state index contributed by atoms with van der Waals surface area (Å²) < 4.78 is 0. The minimum atomic E-state index is 0.188. The van der Waals surface area contributed by atoms with Crippen molar-refractivity contribution < 1.29 is 4.79 Å². The van der Waals surface area contributed by atoms with E-state index < -0.39 is 0 Å². The number of carbonyl (C=O) groups is 1. The smallest absolute Gasteiger partial charge is 0.162 e. The molecule has 0 atom stereocenters. The Bertz CT molecular complexity index is 545. The van der Waals surface area contributed by atoms with Crippen molar-refractivity contribution in [2.45, 2.75) is 17.9 Å². The van der Waals surface area contributed by atoms with Gasteiger partial charge in [0.1, 0.15) is 5.03 Å². The van der Waals surface area contributed by atoms with Gasteiger partial charge in [-0.3, -0.25) is 4.79 Å². The summed E-state index contributed by atoms with van der Waals surface area (Å²) in [5, 5.41) is 1.50. The summed E-state index contributed by atoms with van der Waals surface area (Å²) in [5.74, 6) is 1.03. The standard InChI is InChI=1S/C15H14ClNOS/c16-13-8-4-10-17-15(13)19-11-5-9-14(18)12-6-2-1-3-7-12/h1-4,6-8,10H,5,9,11H2. The molecule has 1 heterocycles. The number of carbonyl (C=O) groups excluding carboxylic acids is 1. The number of halogens is 1. The maximum Gasteiger partial charge on any atom is 0.162 e. The third-order valence-electron chi connectivity index (χ3n) is 2.61. The predicted octanol–water partition coefficient (Wildman–Crippen LogP) is 4.49. The van der Waals surface area contributed by atoms with E-state index in [1.54, 1.807) is 18.0 Å².